The molecule has 0 aliphatic rings. The second kappa shape index (κ2) is 19.0. The highest BCUT2D eigenvalue weighted by Gasteiger charge is 2.10. The average Bonchev–Trinajstić information content (AvgIpc) is 2.88. The zero-order chi connectivity index (χ0) is 25.0. The van der Waals surface area contributed by atoms with E-state index in [2.05, 4.69) is 26.1 Å². The van der Waals surface area contributed by atoms with Crippen LogP contribution in [0.1, 0.15) is 121 Å². The van der Waals surface area contributed by atoms with Crippen molar-refractivity contribution in [1.82, 2.24) is 4.57 Å². The van der Waals surface area contributed by atoms with E-state index < -0.39 is 0 Å². The van der Waals surface area contributed by atoms with Gasteiger partial charge in [0.05, 0.1) is 5.69 Å². The molecule has 0 saturated carbocycles. The predicted octanol–water partition coefficient (Wildman–Crippen LogP) is 9.33. The fraction of sp³-hybridized carbons (Fsp3) is 0.594. The predicted molar refractivity (Wildman–Crippen MR) is 151 cm³/mol. The van der Waals surface area contributed by atoms with Crippen LogP contribution in [0, 0.1) is 0 Å². The van der Waals surface area contributed by atoms with E-state index in [4.69, 9.17) is 4.74 Å². The summed E-state index contributed by atoms with van der Waals surface area (Å²) >= 11 is 0. The summed E-state index contributed by atoms with van der Waals surface area (Å²) in [6, 6.07) is 11.6. The standard InChI is InChI=1S/C32H49NO2/c1-3-5-6-7-8-9-10-11-12-13-14-15-16-17-18-22-26-33-27-25-31(34)32(30(33)4-2)35-28-29-23-20-19-21-24-29/h19-27H,3-18,28H2,1-2H3. The first kappa shape index (κ1) is 28.9. The number of aromatic nitrogens is 1. The van der Waals surface area contributed by atoms with Crippen molar-refractivity contribution in [1.29, 1.82) is 0 Å². The van der Waals surface area contributed by atoms with Crippen molar-refractivity contribution < 1.29 is 4.74 Å². The first-order chi connectivity index (χ1) is 17.3. The number of hydrogen-bond acceptors (Lipinski definition) is 2. The summed E-state index contributed by atoms with van der Waals surface area (Å²) in [7, 11) is 0. The van der Waals surface area contributed by atoms with Crippen LogP contribution in [0.15, 0.2) is 53.5 Å². The van der Waals surface area contributed by atoms with Gasteiger partial charge in [-0.2, -0.15) is 0 Å². The average molecular weight is 480 g/mol. The van der Waals surface area contributed by atoms with Crippen LogP contribution in [-0.4, -0.2) is 4.57 Å². The smallest absolute Gasteiger partial charge is 0.223 e. The van der Waals surface area contributed by atoms with E-state index in [0.29, 0.717) is 12.4 Å². The molecule has 0 bridgehead atoms. The summed E-state index contributed by atoms with van der Waals surface area (Å²) in [5, 5.41) is 0. The maximum absolute atomic E-state index is 12.4. The fourth-order valence-corrected chi connectivity index (χ4v) is 4.58. The summed E-state index contributed by atoms with van der Waals surface area (Å²) in [6.07, 6.45) is 27.4. The van der Waals surface area contributed by atoms with Gasteiger partial charge in [0, 0.05) is 18.5 Å². The van der Waals surface area contributed by atoms with E-state index in [1.54, 1.807) is 6.07 Å². The Bertz CT molecular complexity index is 869. The minimum atomic E-state index is -0.0468. The van der Waals surface area contributed by atoms with E-state index in [-0.39, 0.29) is 5.43 Å². The third-order valence-electron chi connectivity index (χ3n) is 6.74. The molecule has 194 valence electrons. The van der Waals surface area contributed by atoms with E-state index in [1.807, 2.05) is 41.1 Å². The molecule has 0 unspecified atom stereocenters. The number of nitrogens with zero attached hydrogens (tertiary/aromatic N) is 1. The Balaban J connectivity index is 1.60. The molecule has 0 spiro atoms. The summed E-state index contributed by atoms with van der Waals surface area (Å²) in [4.78, 5) is 12.4. The largest absolute Gasteiger partial charge is 0.483 e. The second-order valence-corrected chi connectivity index (χ2v) is 9.76. The molecule has 35 heavy (non-hydrogen) atoms. The molecule has 0 radical (unpaired) electrons. The van der Waals surface area contributed by atoms with E-state index in [9.17, 15) is 4.79 Å². The SMILES string of the molecule is CCCCCCCCCCCCCCCCC=Cn1ccc(=O)c(OCc2ccccc2)c1CC. The van der Waals surface area contributed by atoms with Gasteiger partial charge < -0.3 is 9.30 Å². The molecular formula is C32H49NO2. The normalized spacial score (nSPS) is 11.4. The fourth-order valence-electron chi connectivity index (χ4n) is 4.58. The van der Waals surface area contributed by atoms with Crippen molar-refractivity contribution in [2.24, 2.45) is 0 Å². The lowest BCUT2D eigenvalue weighted by atomic mass is 10.0. The van der Waals surface area contributed by atoms with Crippen LogP contribution in [0.25, 0.3) is 6.20 Å². The van der Waals surface area contributed by atoms with Gasteiger partial charge in [-0.15, -0.1) is 0 Å². The Morgan fingerprint density at radius 2 is 1.31 bits per heavy atom. The summed E-state index contributed by atoms with van der Waals surface area (Å²) < 4.78 is 8.00. The van der Waals surface area contributed by atoms with Crippen molar-refractivity contribution in [3.8, 4) is 5.75 Å². The summed E-state index contributed by atoms with van der Waals surface area (Å²) in [5.41, 5.74) is 1.96. The number of hydrogen-bond donors (Lipinski definition) is 0. The Morgan fingerprint density at radius 3 is 1.89 bits per heavy atom. The molecule has 2 aromatic rings. The highest BCUT2D eigenvalue weighted by Crippen LogP contribution is 2.17. The number of allylic oxidation sites excluding steroid dienone is 1. The quantitative estimate of drug-likeness (QED) is 0.177. The van der Waals surface area contributed by atoms with Crippen LogP contribution in [0.4, 0.5) is 0 Å². The molecule has 0 saturated heterocycles. The summed E-state index contributed by atoms with van der Waals surface area (Å²) in [5.74, 6) is 0.472. The van der Waals surface area contributed by atoms with Crippen LogP contribution >= 0.6 is 0 Å². The Hall–Kier alpha value is -2.29. The number of benzene rings is 1. The number of pyridine rings is 1. The molecule has 0 fully saturated rings. The number of rotatable bonds is 20. The van der Waals surface area contributed by atoms with Gasteiger partial charge in [0.25, 0.3) is 0 Å². The molecule has 1 aromatic carbocycles. The van der Waals surface area contributed by atoms with Gasteiger partial charge in [-0.3, -0.25) is 4.79 Å². The molecule has 1 heterocycles. The molecule has 0 atom stereocenters. The molecule has 0 aliphatic carbocycles. The lowest BCUT2D eigenvalue weighted by Gasteiger charge is -2.14. The van der Waals surface area contributed by atoms with E-state index >= 15 is 0 Å². The van der Waals surface area contributed by atoms with Crippen LogP contribution in [0.3, 0.4) is 0 Å². The van der Waals surface area contributed by atoms with Crippen molar-refractivity contribution in [3.05, 3.63) is 70.2 Å². The lowest BCUT2D eigenvalue weighted by Crippen LogP contribution is -2.14. The van der Waals surface area contributed by atoms with Gasteiger partial charge in [-0.1, -0.05) is 134 Å². The van der Waals surface area contributed by atoms with Crippen LogP contribution in [-0.2, 0) is 13.0 Å². The van der Waals surface area contributed by atoms with Crippen LogP contribution in [0.5, 0.6) is 5.75 Å². The van der Waals surface area contributed by atoms with E-state index in [0.717, 1.165) is 24.1 Å². The number of unbranched alkanes of at least 4 members (excludes halogenated alkanes) is 14. The van der Waals surface area contributed by atoms with Gasteiger partial charge >= 0.3 is 0 Å². The van der Waals surface area contributed by atoms with Gasteiger partial charge in [0.2, 0.25) is 5.43 Å². The van der Waals surface area contributed by atoms with Crippen molar-refractivity contribution in [3.63, 3.8) is 0 Å². The topological polar surface area (TPSA) is 31.2 Å². The van der Waals surface area contributed by atoms with Gasteiger partial charge in [-0.05, 0) is 24.8 Å². The maximum Gasteiger partial charge on any atom is 0.223 e. The highest BCUT2D eigenvalue weighted by molar-refractivity contribution is 5.36. The second-order valence-electron chi connectivity index (χ2n) is 9.76. The Kier molecular flexibility index (Phi) is 15.7. The minimum absolute atomic E-state index is 0.0468. The molecule has 0 N–H and O–H groups in total. The molecule has 3 heteroatoms. The van der Waals surface area contributed by atoms with E-state index in [1.165, 1.54) is 89.9 Å². The maximum atomic E-state index is 12.4. The first-order valence-electron chi connectivity index (χ1n) is 14.3. The lowest BCUT2D eigenvalue weighted by molar-refractivity contribution is 0.297. The minimum Gasteiger partial charge on any atom is -0.483 e. The van der Waals surface area contributed by atoms with Crippen molar-refractivity contribution in [2.75, 3.05) is 0 Å². The van der Waals surface area contributed by atoms with Gasteiger partial charge in [-0.25, -0.2) is 0 Å². The molecular weight excluding hydrogens is 430 g/mol. The van der Waals surface area contributed by atoms with Gasteiger partial charge in [0.1, 0.15) is 6.61 Å². The third-order valence-corrected chi connectivity index (χ3v) is 6.74. The molecule has 0 aliphatic heterocycles. The zero-order valence-electron chi connectivity index (χ0n) is 22.5. The van der Waals surface area contributed by atoms with Crippen LogP contribution in [0.2, 0.25) is 0 Å². The molecule has 2 rings (SSSR count). The molecule has 3 nitrogen and oxygen atoms in total. The Labute approximate surface area is 214 Å². The van der Waals surface area contributed by atoms with Crippen LogP contribution < -0.4 is 10.2 Å². The number of ether oxygens (including phenoxy) is 1. The van der Waals surface area contributed by atoms with Crippen molar-refractivity contribution >= 4 is 6.20 Å². The first-order valence-corrected chi connectivity index (χ1v) is 14.3. The molecule has 0 amide bonds. The summed E-state index contributed by atoms with van der Waals surface area (Å²) in [6.45, 7) is 4.77. The third kappa shape index (κ3) is 12.3. The molecule has 1 aromatic heterocycles. The van der Waals surface area contributed by atoms with Crippen molar-refractivity contribution in [2.45, 2.75) is 123 Å². The monoisotopic (exact) mass is 479 g/mol. The zero-order valence-corrected chi connectivity index (χ0v) is 22.5. The highest BCUT2D eigenvalue weighted by atomic mass is 16.5. The Morgan fingerprint density at radius 1 is 0.743 bits per heavy atom. The van der Waals surface area contributed by atoms with Gasteiger partial charge in [0.15, 0.2) is 5.75 Å².